The summed E-state index contributed by atoms with van der Waals surface area (Å²) in [4.78, 5) is 25.6. The highest BCUT2D eigenvalue weighted by Gasteiger charge is 2.19. The summed E-state index contributed by atoms with van der Waals surface area (Å²) in [5, 5.41) is 5.65. The lowest BCUT2D eigenvalue weighted by Crippen LogP contribution is -2.32. The third-order valence-electron chi connectivity index (χ3n) is 5.21. The fourth-order valence-electron chi connectivity index (χ4n) is 3.08. The monoisotopic (exact) mass is 499 g/mol. The molecule has 3 N–H and O–H groups in total. The normalized spacial score (nSPS) is 12.0. The number of carbonyl (C=O) groups is 2. The van der Waals surface area contributed by atoms with E-state index in [0.29, 0.717) is 11.3 Å². The summed E-state index contributed by atoms with van der Waals surface area (Å²) < 4.78 is 27.7. The third-order valence-corrected chi connectivity index (χ3v) is 6.92. The first-order valence-electron chi connectivity index (χ1n) is 10.7. The molecule has 7 nitrogen and oxygen atoms in total. The van der Waals surface area contributed by atoms with Gasteiger partial charge >= 0.3 is 0 Å². The minimum Gasteiger partial charge on any atom is -0.350 e. The Bertz CT molecular complexity index is 1310. The second-order valence-corrected chi connectivity index (χ2v) is 9.99. The van der Waals surface area contributed by atoms with E-state index in [1.807, 2.05) is 20.8 Å². The maximum absolute atomic E-state index is 12.9. The van der Waals surface area contributed by atoms with Crippen molar-refractivity contribution >= 4 is 44.8 Å². The number of halogens is 1. The van der Waals surface area contributed by atoms with E-state index in [2.05, 4.69) is 15.4 Å². The summed E-state index contributed by atoms with van der Waals surface area (Å²) in [5.74, 6) is -0.820. The van der Waals surface area contributed by atoms with Crippen molar-refractivity contribution in [2.45, 2.75) is 38.1 Å². The molecule has 0 unspecified atom stereocenters. The van der Waals surface area contributed by atoms with E-state index in [1.165, 1.54) is 30.3 Å². The number of sulfonamides is 1. The molecule has 9 heteroatoms. The molecule has 0 aliphatic carbocycles. The zero-order chi connectivity index (χ0) is 24.9. The van der Waals surface area contributed by atoms with Crippen molar-refractivity contribution in [3.05, 3.63) is 88.4 Å². The van der Waals surface area contributed by atoms with Crippen LogP contribution in [0.15, 0.2) is 71.6 Å². The van der Waals surface area contributed by atoms with Gasteiger partial charge in [0.1, 0.15) is 0 Å². The van der Waals surface area contributed by atoms with Gasteiger partial charge in [-0.2, -0.15) is 0 Å². The van der Waals surface area contributed by atoms with Gasteiger partial charge in [-0.1, -0.05) is 48.4 Å². The summed E-state index contributed by atoms with van der Waals surface area (Å²) >= 11 is 6.30. The van der Waals surface area contributed by atoms with Crippen molar-refractivity contribution in [3.63, 3.8) is 0 Å². The van der Waals surface area contributed by atoms with Crippen molar-refractivity contribution in [1.82, 2.24) is 5.32 Å². The zero-order valence-corrected chi connectivity index (χ0v) is 20.6. The first kappa shape index (κ1) is 25.3. The molecule has 3 rings (SSSR count). The van der Waals surface area contributed by atoms with Gasteiger partial charge in [-0.15, -0.1) is 0 Å². The quantitative estimate of drug-likeness (QED) is 0.394. The van der Waals surface area contributed by atoms with Crippen LogP contribution in [0.4, 0.5) is 11.4 Å². The molecule has 0 bridgehead atoms. The van der Waals surface area contributed by atoms with Gasteiger partial charge in [-0.3, -0.25) is 14.3 Å². The first-order chi connectivity index (χ1) is 16.1. The maximum atomic E-state index is 12.9. The maximum Gasteiger partial charge on any atom is 0.261 e. The molecule has 0 aliphatic rings. The summed E-state index contributed by atoms with van der Waals surface area (Å²) in [6.45, 7) is 5.72. The second-order valence-electron chi connectivity index (χ2n) is 7.90. The standard InChI is InChI=1S/C25H26ClN3O4S/c1-4-17(3)27-25(31)21-7-5-6-8-23(21)28-24(30)20-14-11-18(15-22(20)26)29-34(32,33)19-12-9-16(2)10-13-19/h5-15,17,29H,4H2,1-3H3,(H,27,31)(H,28,30)/t17-/m0/s1. The first-order valence-corrected chi connectivity index (χ1v) is 12.6. The summed E-state index contributed by atoms with van der Waals surface area (Å²) in [6.07, 6.45) is 0.774. The molecule has 0 spiro atoms. The molecule has 0 aliphatic heterocycles. The summed E-state index contributed by atoms with van der Waals surface area (Å²) in [5.41, 5.74) is 1.96. The van der Waals surface area contributed by atoms with Crippen molar-refractivity contribution < 1.29 is 18.0 Å². The third kappa shape index (κ3) is 6.15. The van der Waals surface area contributed by atoms with Crippen LogP contribution < -0.4 is 15.4 Å². The molecule has 0 radical (unpaired) electrons. The highest BCUT2D eigenvalue weighted by Crippen LogP contribution is 2.25. The fraction of sp³-hybridized carbons (Fsp3) is 0.200. The number of para-hydroxylation sites is 1. The average Bonchev–Trinajstić information content (AvgIpc) is 2.79. The molecule has 0 heterocycles. The van der Waals surface area contributed by atoms with Gasteiger partial charge in [-0.25, -0.2) is 8.42 Å². The van der Waals surface area contributed by atoms with Crippen LogP contribution >= 0.6 is 11.6 Å². The lowest BCUT2D eigenvalue weighted by molar-refractivity contribution is 0.0940. The van der Waals surface area contributed by atoms with Crippen molar-refractivity contribution in [2.24, 2.45) is 0 Å². The molecule has 178 valence electrons. The number of amides is 2. The van der Waals surface area contributed by atoms with E-state index >= 15 is 0 Å². The van der Waals surface area contributed by atoms with Crippen molar-refractivity contribution in [2.75, 3.05) is 10.0 Å². The Morgan fingerprint density at radius 3 is 2.26 bits per heavy atom. The summed E-state index contributed by atoms with van der Waals surface area (Å²) in [7, 11) is -3.81. The van der Waals surface area contributed by atoms with Gasteiger partial charge in [0, 0.05) is 6.04 Å². The van der Waals surface area contributed by atoms with Gasteiger partial charge < -0.3 is 10.6 Å². The summed E-state index contributed by atoms with van der Waals surface area (Å²) in [6, 6.07) is 17.3. The van der Waals surface area contributed by atoms with Gasteiger partial charge in [0.15, 0.2) is 0 Å². The molecule has 1 atom stereocenters. The van der Waals surface area contributed by atoms with E-state index in [9.17, 15) is 18.0 Å². The molecule has 0 aromatic heterocycles. The molecule has 3 aromatic carbocycles. The molecular formula is C25H26ClN3O4S. The average molecular weight is 500 g/mol. The van der Waals surface area contributed by atoms with Crippen LogP contribution in [0.1, 0.15) is 46.5 Å². The molecular weight excluding hydrogens is 474 g/mol. The lowest BCUT2D eigenvalue weighted by Gasteiger charge is -2.15. The van der Waals surface area contributed by atoms with Gasteiger partial charge in [-0.05, 0) is 62.7 Å². The molecule has 3 aromatic rings. The molecule has 0 saturated carbocycles. The minimum atomic E-state index is -3.81. The van der Waals surface area contributed by atoms with Crippen molar-refractivity contribution in [1.29, 1.82) is 0 Å². The Labute approximate surface area is 204 Å². The fourth-order valence-corrected chi connectivity index (χ4v) is 4.39. The Morgan fingerprint density at radius 2 is 1.62 bits per heavy atom. The molecule has 34 heavy (non-hydrogen) atoms. The van der Waals surface area contributed by atoms with Crippen molar-refractivity contribution in [3.8, 4) is 0 Å². The van der Waals surface area contributed by atoms with Crippen LogP contribution in [0.25, 0.3) is 0 Å². The second kappa shape index (κ2) is 10.7. The Morgan fingerprint density at radius 1 is 0.941 bits per heavy atom. The Hall–Kier alpha value is -3.36. The van der Waals surface area contributed by atoms with Crippen LogP contribution in [0, 0.1) is 6.92 Å². The van der Waals surface area contributed by atoms with Crippen LogP contribution in [0.2, 0.25) is 5.02 Å². The number of nitrogens with one attached hydrogen (secondary N) is 3. The SMILES string of the molecule is CC[C@H](C)NC(=O)c1ccccc1NC(=O)c1ccc(NS(=O)(=O)c2ccc(C)cc2)cc1Cl. The predicted molar refractivity (Wildman–Crippen MR) is 135 cm³/mol. The zero-order valence-electron chi connectivity index (χ0n) is 19.1. The minimum absolute atomic E-state index is 0.0121. The van der Waals surface area contributed by atoms with E-state index in [0.717, 1.165) is 12.0 Å². The van der Waals surface area contributed by atoms with E-state index in [4.69, 9.17) is 11.6 Å². The van der Waals surface area contributed by atoms with Crippen LogP contribution in [-0.4, -0.2) is 26.3 Å². The number of anilines is 2. The molecule has 2 amide bonds. The van der Waals surface area contributed by atoms with Gasteiger partial charge in [0.2, 0.25) is 0 Å². The van der Waals surface area contributed by atoms with E-state index < -0.39 is 15.9 Å². The highest BCUT2D eigenvalue weighted by atomic mass is 35.5. The number of rotatable bonds is 8. The highest BCUT2D eigenvalue weighted by molar-refractivity contribution is 7.92. The Kier molecular flexibility index (Phi) is 7.96. The smallest absolute Gasteiger partial charge is 0.261 e. The van der Waals surface area contributed by atoms with E-state index in [-0.39, 0.29) is 33.1 Å². The Balaban J connectivity index is 1.78. The number of benzene rings is 3. The number of hydrogen-bond acceptors (Lipinski definition) is 4. The van der Waals surface area contributed by atoms with Crippen LogP contribution in [0.3, 0.4) is 0 Å². The van der Waals surface area contributed by atoms with Crippen LogP contribution in [0.5, 0.6) is 0 Å². The topological polar surface area (TPSA) is 104 Å². The van der Waals surface area contributed by atoms with Gasteiger partial charge in [0.05, 0.1) is 32.4 Å². The number of aryl methyl sites for hydroxylation is 1. The largest absolute Gasteiger partial charge is 0.350 e. The number of hydrogen-bond donors (Lipinski definition) is 3. The van der Waals surface area contributed by atoms with Gasteiger partial charge in [0.25, 0.3) is 21.8 Å². The van der Waals surface area contributed by atoms with Crippen LogP contribution in [-0.2, 0) is 10.0 Å². The predicted octanol–water partition coefficient (Wildman–Crippen LogP) is 5.23. The number of carbonyl (C=O) groups excluding carboxylic acids is 2. The molecule has 0 saturated heterocycles. The lowest BCUT2D eigenvalue weighted by atomic mass is 10.1. The van der Waals surface area contributed by atoms with E-state index in [1.54, 1.807) is 36.4 Å². The molecule has 0 fully saturated rings.